The monoisotopic (exact) mass is 324 g/mol. The first kappa shape index (κ1) is 21.5. The van der Waals surface area contributed by atoms with Crippen molar-refractivity contribution in [3.63, 3.8) is 0 Å². The van der Waals surface area contributed by atoms with E-state index in [1.54, 1.807) is 0 Å². The van der Waals surface area contributed by atoms with Crippen molar-refractivity contribution in [2.75, 3.05) is 0 Å². The van der Waals surface area contributed by atoms with Gasteiger partial charge in [0.1, 0.15) is 11.2 Å². The quantitative estimate of drug-likeness (QED) is 0.484. The van der Waals surface area contributed by atoms with Crippen molar-refractivity contribution in [2.24, 2.45) is 5.92 Å². The number of esters is 2. The molecule has 4 heteroatoms. The van der Waals surface area contributed by atoms with Crippen LogP contribution in [0.1, 0.15) is 73.6 Å². The Morgan fingerprint density at radius 3 is 1.87 bits per heavy atom. The van der Waals surface area contributed by atoms with Crippen molar-refractivity contribution < 1.29 is 19.1 Å². The summed E-state index contributed by atoms with van der Waals surface area (Å²) in [6, 6.07) is 0. The summed E-state index contributed by atoms with van der Waals surface area (Å²) in [6.45, 7) is 14.7. The SMILES string of the molecule is C=C=CC(CCCC(=O)OC(C)(C)C)CCC(=O)OC(C)(C)C. The van der Waals surface area contributed by atoms with E-state index in [0.29, 0.717) is 25.7 Å². The van der Waals surface area contributed by atoms with E-state index in [-0.39, 0.29) is 17.9 Å². The van der Waals surface area contributed by atoms with Gasteiger partial charge in [0, 0.05) is 12.8 Å². The molecule has 0 heterocycles. The Balaban J connectivity index is 4.20. The minimum atomic E-state index is -0.461. The first-order valence-electron chi connectivity index (χ1n) is 8.22. The molecule has 0 bridgehead atoms. The lowest BCUT2D eigenvalue weighted by Crippen LogP contribution is -2.24. The van der Waals surface area contributed by atoms with Crippen molar-refractivity contribution >= 4 is 11.9 Å². The Hall–Kier alpha value is -1.54. The van der Waals surface area contributed by atoms with Crippen molar-refractivity contribution in [1.82, 2.24) is 0 Å². The highest BCUT2D eigenvalue weighted by Crippen LogP contribution is 2.19. The molecule has 0 rings (SSSR count). The number of carbonyl (C=O) groups is 2. The third kappa shape index (κ3) is 13.8. The Bertz CT molecular complexity index is 431. The van der Waals surface area contributed by atoms with Gasteiger partial charge in [-0.3, -0.25) is 9.59 Å². The van der Waals surface area contributed by atoms with Gasteiger partial charge < -0.3 is 9.47 Å². The molecule has 0 fully saturated rings. The molecule has 23 heavy (non-hydrogen) atoms. The molecule has 0 aliphatic rings. The van der Waals surface area contributed by atoms with Crippen LogP contribution in [0.25, 0.3) is 0 Å². The maximum Gasteiger partial charge on any atom is 0.306 e. The predicted octanol–water partition coefficient (Wildman–Crippen LogP) is 4.58. The topological polar surface area (TPSA) is 52.6 Å². The Kier molecular flexibility index (Phi) is 8.93. The summed E-state index contributed by atoms with van der Waals surface area (Å²) in [7, 11) is 0. The fourth-order valence-corrected chi connectivity index (χ4v) is 2.07. The highest BCUT2D eigenvalue weighted by Gasteiger charge is 2.18. The highest BCUT2D eigenvalue weighted by molar-refractivity contribution is 5.70. The van der Waals surface area contributed by atoms with E-state index >= 15 is 0 Å². The zero-order valence-electron chi connectivity index (χ0n) is 15.5. The summed E-state index contributed by atoms with van der Waals surface area (Å²) in [5.41, 5.74) is 1.86. The fourth-order valence-electron chi connectivity index (χ4n) is 2.07. The van der Waals surface area contributed by atoms with Crippen LogP contribution in [0.4, 0.5) is 0 Å². The van der Waals surface area contributed by atoms with Gasteiger partial charge in [-0.2, -0.15) is 0 Å². The highest BCUT2D eigenvalue weighted by atomic mass is 16.6. The average molecular weight is 324 g/mol. The van der Waals surface area contributed by atoms with E-state index in [1.165, 1.54) is 0 Å². The first-order valence-corrected chi connectivity index (χ1v) is 8.22. The van der Waals surface area contributed by atoms with Crippen LogP contribution in [-0.4, -0.2) is 23.1 Å². The van der Waals surface area contributed by atoms with Crippen LogP contribution in [0.15, 0.2) is 18.4 Å². The van der Waals surface area contributed by atoms with E-state index in [9.17, 15) is 9.59 Å². The number of rotatable bonds is 8. The van der Waals surface area contributed by atoms with E-state index in [0.717, 1.165) is 6.42 Å². The molecule has 0 saturated heterocycles. The summed E-state index contributed by atoms with van der Waals surface area (Å²) in [4.78, 5) is 23.4. The number of hydrogen-bond acceptors (Lipinski definition) is 4. The van der Waals surface area contributed by atoms with Gasteiger partial charge in [-0.15, -0.1) is 5.73 Å². The van der Waals surface area contributed by atoms with Crippen molar-refractivity contribution in [3.05, 3.63) is 18.4 Å². The minimum Gasteiger partial charge on any atom is -0.460 e. The number of allylic oxidation sites excluding steroid dienone is 1. The number of carbonyl (C=O) groups excluding carboxylic acids is 2. The van der Waals surface area contributed by atoms with Gasteiger partial charge >= 0.3 is 11.9 Å². The van der Waals surface area contributed by atoms with Gasteiger partial charge in [-0.05, 0) is 72.8 Å². The van der Waals surface area contributed by atoms with Crippen LogP contribution >= 0.6 is 0 Å². The summed E-state index contributed by atoms with van der Waals surface area (Å²) < 4.78 is 10.6. The van der Waals surface area contributed by atoms with Crippen molar-refractivity contribution in [3.8, 4) is 0 Å². The van der Waals surface area contributed by atoms with E-state index in [1.807, 2.05) is 47.6 Å². The maximum absolute atomic E-state index is 11.8. The first-order chi connectivity index (χ1) is 10.4. The normalized spacial score (nSPS) is 13.0. The Morgan fingerprint density at radius 1 is 0.957 bits per heavy atom. The molecule has 0 saturated carbocycles. The third-order valence-corrected chi connectivity index (χ3v) is 2.87. The van der Waals surface area contributed by atoms with Crippen LogP contribution < -0.4 is 0 Å². The second-order valence-electron chi connectivity index (χ2n) is 7.73. The smallest absolute Gasteiger partial charge is 0.306 e. The standard InChI is InChI=1S/C19H32O4/c1-8-10-15(13-14-17(21)23-19(5,6)7)11-9-12-16(20)22-18(2,3)4/h10,15H,1,9,11-14H2,2-7H3. The minimum absolute atomic E-state index is 0.169. The molecule has 4 nitrogen and oxygen atoms in total. The summed E-state index contributed by atoms with van der Waals surface area (Å²) in [5, 5.41) is 0. The molecule has 0 aliphatic heterocycles. The Morgan fingerprint density at radius 2 is 1.43 bits per heavy atom. The lowest BCUT2D eigenvalue weighted by Gasteiger charge is -2.21. The molecule has 0 amide bonds. The van der Waals surface area contributed by atoms with Crippen LogP contribution in [0.2, 0.25) is 0 Å². The largest absolute Gasteiger partial charge is 0.460 e. The van der Waals surface area contributed by atoms with Crippen LogP contribution in [-0.2, 0) is 19.1 Å². The predicted molar refractivity (Wildman–Crippen MR) is 92.0 cm³/mol. The van der Waals surface area contributed by atoms with Crippen molar-refractivity contribution in [1.29, 1.82) is 0 Å². The molecular weight excluding hydrogens is 292 g/mol. The van der Waals surface area contributed by atoms with E-state index in [2.05, 4.69) is 12.3 Å². The molecule has 1 unspecified atom stereocenters. The van der Waals surface area contributed by atoms with Crippen LogP contribution in [0.3, 0.4) is 0 Å². The van der Waals surface area contributed by atoms with Gasteiger partial charge in [0.05, 0.1) is 0 Å². The molecule has 1 atom stereocenters. The Labute approximate surface area is 140 Å². The summed E-state index contributed by atoms with van der Waals surface area (Å²) in [5.74, 6) is -0.222. The van der Waals surface area contributed by atoms with Gasteiger partial charge in [-0.25, -0.2) is 0 Å². The second kappa shape index (κ2) is 9.57. The molecule has 0 aromatic carbocycles. The molecule has 132 valence electrons. The number of ether oxygens (including phenoxy) is 2. The van der Waals surface area contributed by atoms with Crippen LogP contribution in [0, 0.1) is 5.92 Å². The summed E-state index contributed by atoms with van der Waals surface area (Å²) in [6.07, 6.45) is 4.78. The molecule has 0 aliphatic carbocycles. The van der Waals surface area contributed by atoms with Gasteiger partial charge in [0.25, 0.3) is 0 Å². The second-order valence-corrected chi connectivity index (χ2v) is 7.73. The molecule has 0 radical (unpaired) electrons. The lowest BCUT2D eigenvalue weighted by atomic mass is 9.96. The zero-order chi connectivity index (χ0) is 18.1. The summed E-state index contributed by atoms with van der Waals surface area (Å²) >= 11 is 0. The molecule has 0 aromatic heterocycles. The van der Waals surface area contributed by atoms with E-state index in [4.69, 9.17) is 9.47 Å². The molecule has 0 spiro atoms. The number of hydrogen-bond donors (Lipinski definition) is 0. The third-order valence-electron chi connectivity index (χ3n) is 2.87. The maximum atomic E-state index is 11.8. The molecular formula is C19H32O4. The van der Waals surface area contributed by atoms with Crippen molar-refractivity contribution in [2.45, 2.75) is 84.8 Å². The lowest BCUT2D eigenvalue weighted by molar-refractivity contribution is -0.156. The molecule has 0 aromatic rings. The average Bonchev–Trinajstić information content (AvgIpc) is 2.31. The van der Waals surface area contributed by atoms with E-state index < -0.39 is 11.2 Å². The van der Waals surface area contributed by atoms with Gasteiger partial charge in [0.15, 0.2) is 0 Å². The zero-order valence-corrected chi connectivity index (χ0v) is 15.5. The van der Waals surface area contributed by atoms with Gasteiger partial charge in [-0.1, -0.05) is 6.58 Å². The van der Waals surface area contributed by atoms with Gasteiger partial charge in [0.2, 0.25) is 0 Å². The molecule has 0 N–H and O–H groups in total. The van der Waals surface area contributed by atoms with Crippen LogP contribution in [0.5, 0.6) is 0 Å². The fraction of sp³-hybridized carbons (Fsp3) is 0.737.